The van der Waals surface area contributed by atoms with Crippen molar-refractivity contribution in [3.63, 3.8) is 0 Å². The number of aryl methyl sites for hydroxylation is 1. The Morgan fingerprint density at radius 1 is 1.37 bits per heavy atom. The highest BCUT2D eigenvalue weighted by atomic mass is 16.7. The minimum absolute atomic E-state index is 0.149. The molecule has 1 saturated carbocycles. The Kier molecular flexibility index (Phi) is 3.28. The van der Waals surface area contributed by atoms with E-state index < -0.39 is 0 Å². The first kappa shape index (κ1) is 12.6. The molecule has 0 bridgehead atoms. The van der Waals surface area contributed by atoms with Crippen molar-refractivity contribution < 1.29 is 18.7 Å². The van der Waals surface area contributed by atoms with Crippen molar-refractivity contribution in [1.29, 1.82) is 0 Å². The number of ether oxygens (including phenoxy) is 2. The van der Waals surface area contributed by atoms with E-state index in [0.29, 0.717) is 24.7 Å². The normalized spacial score (nSPS) is 22.8. The third-order valence-electron chi connectivity index (χ3n) is 3.85. The summed E-state index contributed by atoms with van der Waals surface area (Å²) in [6.07, 6.45) is 4.67. The van der Waals surface area contributed by atoms with Gasteiger partial charge in [0.05, 0.1) is 18.9 Å². The zero-order chi connectivity index (χ0) is 13.3. The molecule has 0 radical (unpaired) electrons. The highest BCUT2D eigenvalue weighted by molar-refractivity contribution is 5.92. The molecular weight excluding hydrogens is 248 g/mol. The highest BCUT2D eigenvalue weighted by Crippen LogP contribution is 2.35. The first-order chi connectivity index (χ1) is 9.19. The molecule has 0 atom stereocenters. The molecule has 1 aromatic heterocycles. The first-order valence-electron chi connectivity index (χ1n) is 6.67. The Labute approximate surface area is 111 Å². The van der Waals surface area contributed by atoms with Gasteiger partial charge in [-0.05, 0) is 19.8 Å². The lowest BCUT2D eigenvalue weighted by atomic mass is 9.90. The number of oxazole rings is 1. The van der Waals surface area contributed by atoms with Crippen LogP contribution >= 0.6 is 0 Å². The molecule has 1 aliphatic carbocycles. The van der Waals surface area contributed by atoms with Crippen molar-refractivity contribution >= 4 is 5.91 Å². The number of amides is 1. The summed E-state index contributed by atoms with van der Waals surface area (Å²) < 4.78 is 16.4. The summed E-state index contributed by atoms with van der Waals surface area (Å²) in [5, 5.41) is 2.98. The van der Waals surface area contributed by atoms with Gasteiger partial charge in [0, 0.05) is 18.9 Å². The summed E-state index contributed by atoms with van der Waals surface area (Å²) in [7, 11) is 0. The van der Waals surface area contributed by atoms with Crippen LogP contribution in [0.4, 0.5) is 0 Å². The SMILES string of the molecule is Cc1ncoc1C(=O)NC1CCC2(CC1)OCCO2. The summed E-state index contributed by atoms with van der Waals surface area (Å²) in [6, 6.07) is 0.149. The fraction of sp³-hybridized carbons (Fsp3) is 0.692. The molecule has 1 aromatic rings. The van der Waals surface area contributed by atoms with Crippen molar-refractivity contribution in [2.75, 3.05) is 13.2 Å². The summed E-state index contributed by atoms with van der Waals surface area (Å²) in [4.78, 5) is 15.9. The number of nitrogens with one attached hydrogen (secondary N) is 1. The largest absolute Gasteiger partial charge is 0.438 e. The topological polar surface area (TPSA) is 73.6 Å². The lowest BCUT2D eigenvalue weighted by Crippen LogP contribution is -2.44. The van der Waals surface area contributed by atoms with E-state index in [-0.39, 0.29) is 17.7 Å². The molecule has 2 heterocycles. The van der Waals surface area contributed by atoms with Crippen LogP contribution < -0.4 is 5.32 Å². The van der Waals surface area contributed by atoms with Crippen LogP contribution in [0.15, 0.2) is 10.8 Å². The second kappa shape index (κ2) is 4.94. The number of hydrogen-bond acceptors (Lipinski definition) is 5. The number of rotatable bonds is 2. The molecule has 1 spiro atoms. The average molecular weight is 266 g/mol. The Morgan fingerprint density at radius 2 is 2.05 bits per heavy atom. The second-order valence-corrected chi connectivity index (χ2v) is 5.12. The van der Waals surface area contributed by atoms with Gasteiger partial charge in [-0.25, -0.2) is 4.98 Å². The van der Waals surface area contributed by atoms with Gasteiger partial charge in [-0.3, -0.25) is 4.79 Å². The van der Waals surface area contributed by atoms with Gasteiger partial charge in [-0.2, -0.15) is 0 Å². The zero-order valence-electron chi connectivity index (χ0n) is 11.0. The number of carbonyl (C=O) groups excluding carboxylic acids is 1. The molecule has 6 nitrogen and oxygen atoms in total. The van der Waals surface area contributed by atoms with Gasteiger partial charge in [0.15, 0.2) is 12.2 Å². The van der Waals surface area contributed by atoms with Crippen molar-refractivity contribution in [3.8, 4) is 0 Å². The van der Waals surface area contributed by atoms with Crippen LogP contribution in [0.25, 0.3) is 0 Å². The maximum Gasteiger partial charge on any atom is 0.289 e. The molecule has 1 N–H and O–H groups in total. The number of hydrogen-bond donors (Lipinski definition) is 1. The molecule has 0 aromatic carbocycles. The number of nitrogens with zero attached hydrogens (tertiary/aromatic N) is 1. The van der Waals surface area contributed by atoms with Gasteiger partial charge < -0.3 is 19.2 Å². The fourth-order valence-electron chi connectivity index (χ4n) is 2.76. The summed E-state index contributed by atoms with van der Waals surface area (Å²) in [6.45, 7) is 3.11. The maximum atomic E-state index is 12.0. The Hall–Kier alpha value is -1.40. The fourth-order valence-corrected chi connectivity index (χ4v) is 2.76. The van der Waals surface area contributed by atoms with E-state index in [2.05, 4.69) is 10.3 Å². The third kappa shape index (κ3) is 2.50. The van der Waals surface area contributed by atoms with Crippen LogP contribution in [0.3, 0.4) is 0 Å². The molecule has 1 amide bonds. The smallest absolute Gasteiger partial charge is 0.289 e. The molecule has 104 valence electrons. The Balaban J connectivity index is 1.55. The van der Waals surface area contributed by atoms with E-state index in [4.69, 9.17) is 13.9 Å². The van der Waals surface area contributed by atoms with Crippen LogP contribution in [0.2, 0.25) is 0 Å². The molecule has 1 aliphatic heterocycles. The molecule has 1 saturated heterocycles. The molecule has 0 unspecified atom stereocenters. The Bertz CT molecular complexity index is 455. The average Bonchev–Trinajstić information content (AvgIpc) is 3.02. The van der Waals surface area contributed by atoms with Crippen LogP contribution in [0, 0.1) is 6.92 Å². The van der Waals surface area contributed by atoms with Crippen LogP contribution in [-0.2, 0) is 9.47 Å². The lowest BCUT2D eigenvalue weighted by Gasteiger charge is -2.35. The van der Waals surface area contributed by atoms with E-state index in [1.54, 1.807) is 6.92 Å². The first-order valence-corrected chi connectivity index (χ1v) is 6.67. The van der Waals surface area contributed by atoms with Crippen LogP contribution in [0.5, 0.6) is 0 Å². The van der Waals surface area contributed by atoms with Crippen molar-refractivity contribution in [2.45, 2.75) is 44.4 Å². The van der Waals surface area contributed by atoms with Gasteiger partial charge in [-0.15, -0.1) is 0 Å². The molecular formula is C13H18N2O4. The summed E-state index contributed by atoms with van der Waals surface area (Å²) in [5.74, 6) is -0.276. The minimum atomic E-state index is -0.386. The van der Waals surface area contributed by atoms with E-state index in [1.807, 2.05) is 0 Å². The zero-order valence-corrected chi connectivity index (χ0v) is 11.0. The van der Waals surface area contributed by atoms with Gasteiger partial charge >= 0.3 is 0 Å². The van der Waals surface area contributed by atoms with Crippen LogP contribution in [-0.4, -0.2) is 35.9 Å². The number of carbonyl (C=O) groups is 1. The molecule has 2 fully saturated rings. The van der Waals surface area contributed by atoms with Crippen molar-refractivity contribution in [3.05, 3.63) is 17.8 Å². The highest BCUT2D eigenvalue weighted by Gasteiger charge is 2.40. The van der Waals surface area contributed by atoms with E-state index in [0.717, 1.165) is 25.7 Å². The van der Waals surface area contributed by atoms with Crippen LogP contribution in [0.1, 0.15) is 41.9 Å². The third-order valence-corrected chi connectivity index (χ3v) is 3.85. The summed E-state index contributed by atoms with van der Waals surface area (Å²) >= 11 is 0. The van der Waals surface area contributed by atoms with Gasteiger partial charge in [0.25, 0.3) is 5.91 Å². The van der Waals surface area contributed by atoms with Gasteiger partial charge in [0.2, 0.25) is 5.76 Å². The monoisotopic (exact) mass is 266 g/mol. The molecule has 6 heteroatoms. The van der Waals surface area contributed by atoms with E-state index in [1.165, 1.54) is 6.39 Å². The molecule has 2 aliphatic rings. The summed E-state index contributed by atoms with van der Waals surface area (Å²) in [5.41, 5.74) is 0.618. The van der Waals surface area contributed by atoms with Crippen molar-refractivity contribution in [2.24, 2.45) is 0 Å². The second-order valence-electron chi connectivity index (χ2n) is 5.12. The maximum absolute atomic E-state index is 12.0. The molecule has 19 heavy (non-hydrogen) atoms. The quantitative estimate of drug-likeness (QED) is 0.875. The predicted octanol–water partition coefficient (Wildman–Crippen LogP) is 1.40. The van der Waals surface area contributed by atoms with E-state index in [9.17, 15) is 4.79 Å². The van der Waals surface area contributed by atoms with Crippen molar-refractivity contribution in [1.82, 2.24) is 10.3 Å². The van der Waals surface area contributed by atoms with E-state index >= 15 is 0 Å². The predicted molar refractivity (Wildman–Crippen MR) is 65.6 cm³/mol. The standard InChI is InChI=1S/C13H18N2O4/c1-9-11(17-8-14-9)12(16)15-10-2-4-13(5-3-10)18-6-7-19-13/h8,10H,2-7H2,1H3,(H,15,16). The Morgan fingerprint density at radius 3 is 2.63 bits per heavy atom. The van der Waals surface area contributed by atoms with Gasteiger partial charge in [0.1, 0.15) is 0 Å². The van der Waals surface area contributed by atoms with Gasteiger partial charge in [-0.1, -0.05) is 0 Å². The minimum Gasteiger partial charge on any atom is -0.438 e. The molecule has 3 rings (SSSR count). The lowest BCUT2D eigenvalue weighted by molar-refractivity contribution is -0.179. The number of aromatic nitrogens is 1.